The van der Waals surface area contributed by atoms with Crippen molar-refractivity contribution in [3.8, 4) is 0 Å². The Morgan fingerprint density at radius 1 is 1.80 bits per heavy atom. The van der Waals surface area contributed by atoms with Gasteiger partial charge in [0.2, 0.25) is 0 Å². The largest absolute Gasteiger partial charge is 0.0651 e. The minimum absolute atomic E-state index is 0.160. The van der Waals surface area contributed by atoms with Gasteiger partial charge in [0.1, 0.15) is 0 Å². The Balaban J connectivity index is 4.43. The van der Waals surface area contributed by atoms with Gasteiger partial charge in [0, 0.05) is 8.22 Å². The van der Waals surface area contributed by atoms with Crippen LogP contribution < -0.4 is 0 Å². The highest BCUT2D eigenvalue weighted by molar-refractivity contribution is 4.32. The summed E-state index contributed by atoms with van der Waals surface area (Å²) in [7, 11) is 0. The first kappa shape index (κ1) is 0.800. The maximum absolute atomic E-state index is 6.92. The molecule has 0 aliphatic carbocycles. The van der Waals surface area contributed by atoms with E-state index < -0.39 is 19.6 Å². The molecule has 0 saturated carbocycles. The van der Waals surface area contributed by atoms with Crippen LogP contribution >= 0.6 is 0 Å². The molecule has 0 heterocycles. The molecular formula is C5H12. The van der Waals surface area contributed by atoms with Gasteiger partial charge in [-0.1, -0.05) is 27.0 Å². The van der Waals surface area contributed by atoms with Crippen molar-refractivity contribution in [1.82, 2.24) is 0 Å². The van der Waals surface area contributed by atoms with Gasteiger partial charge in [0.15, 0.2) is 0 Å². The van der Waals surface area contributed by atoms with Gasteiger partial charge in [-0.2, -0.15) is 0 Å². The van der Waals surface area contributed by atoms with Gasteiger partial charge in [0.25, 0.3) is 0 Å². The van der Waals surface area contributed by atoms with Crippen molar-refractivity contribution in [1.29, 1.82) is 0 Å². The lowest BCUT2D eigenvalue weighted by atomic mass is 10.2. The summed E-state index contributed by atoms with van der Waals surface area (Å²) in [4.78, 5) is 0. The normalized spacial score (nSPS) is 32.4. The molecule has 0 aromatic rings. The summed E-state index contributed by atoms with van der Waals surface area (Å²) in [5.41, 5.74) is 0. The molecule has 0 saturated heterocycles. The zero-order chi connectivity index (χ0) is 9.28. The van der Waals surface area contributed by atoms with Crippen LogP contribution in [0.15, 0.2) is 0 Å². The van der Waals surface area contributed by atoms with Crippen LogP contribution in [0.1, 0.15) is 35.3 Å². The van der Waals surface area contributed by atoms with Crippen LogP contribution in [0.25, 0.3) is 0 Å². The second-order valence-electron chi connectivity index (χ2n) is 0.961. The molecule has 0 N–H and O–H groups in total. The van der Waals surface area contributed by atoms with Crippen LogP contribution in [0.4, 0.5) is 0 Å². The number of hydrogen-bond donors (Lipinski definition) is 0. The Labute approximate surface area is 42.6 Å². The molecule has 0 aromatic carbocycles. The second-order valence-corrected chi connectivity index (χ2v) is 0.961. The molecule has 0 amide bonds. The van der Waals surface area contributed by atoms with Gasteiger partial charge in [-0.3, -0.25) is 0 Å². The predicted octanol–water partition coefficient (Wildman–Crippen LogP) is 2.05. The lowest BCUT2D eigenvalue weighted by molar-refractivity contribution is 0.626. The third kappa shape index (κ3) is 4.00. The van der Waals surface area contributed by atoms with Crippen molar-refractivity contribution >= 4 is 0 Å². The standard InChI is InChI=1S/C5H12/c1-4-5(2)3/h5H,4H2,1-3H3/i2D3,3D3. The molecule has 0 aromatic heterocycles. The minimum atomic E-state index is -2.36. The number of rotatable bonds is 1. The molecule has 0 nitrogen and oxygen atoms in total. The van der Waals surface area contributed by atoms with E-state index in [1.165, 1.54) is 0 Å². The van der Waals surface area contributed by atoms with Gasteiger partial charge in [-0.15, -0.1) is 0 Å². The van der Waals surface area contributed by atoms with Gasteiger partial charge in [0.05, 0.1) is 0 Å². The van der Waals surface area contributed by atoms with E-state index in [4.69, 9.17) is 8.22 Å². The van der Waals surface area contributed by atoms with Crippen LogP contribution in [-0.2, 0) is 0 Å². The topological polar surface area (TPSA) is 0 Å². The summed E-state index contributed by atoms with van der Waals surface area (Å²) in [6, 6.07) is 0. The maximum Gasteiger partial charge on any atom is 0.0233 e. The van der Waals surface area contributed by atoms with Gasteiger partial charge < -0.3 is 0 Å². The Kier molecular flexibility index (Phi) is 0.360. The molecular weight excluding hydrogens is 60.1 g/mol. The lowest BCUT2D eigenvalue weighted by Gasteiger charge is -1.90. The Morgan fingerprint density at radius 3 is 2.40 bits per heavy atom. The fraction of sp³-hybridized carbons (Fsp3) is 1.00. The average Bonchev–Trinajstić information content (AvgIpc) is 1.56. The summed E-state index contributed by atoms with van der Waals surface area (Å²) >= 11 is 0. The molecule has 0 bridgehead atoms. The van der Waals surface area contributed by atoms with Crippen molar-refractivity contribution in [3.05, 3.63) is 0 Å². The van der Waals surface area contributed by atoms with Crippen LogP contribution in [0.2, 0.25) is 0 Å². The molecule has 0 radical (unpaired) electrons. The molecule has 0 aliphatic rings. The van der Waals surface area contributed by atoms with Crippen LogP contribution in [0, 0.1) is 5.92 Å². The summed E-state index contributed by atoms with van der Waals surface area (Å²) in [5, 5.41) is 0. The molecule has 32 valence electrons. The average molecular weight is 78.2 g/mol. The van der Waals surface area contributed by atoms with Crippen LogP contribution in [0.5, 0.6) is 0 Å². The Morgan fingerprint density at radius 2 is 2.40 bits per heavy atom. The Hall–Kier alpha value is 0. The zero-order valence-electron chi connectivity index (χ0n) is 9.28. The summed E-state index contributed by atoms with van der Waals surface area (Å²) in [6.45, 7) is -3.15. The van der Waals surface area contributed by atoms with Crippen molar-refractivity contribution in [2.45, 2.75) is 27.0 Å². The fourth-order valence-electron chi connectivity index (χ4n) is 0. The fourth-order valence-corrected chi connectivity index (χ4v) is 0. The minimum Gasteiger partial charge on any atom is -0.0651 e. The monoisotopic (exact) mass is 78.1 g/mol. The zero-order valence-corrected chi connectivity index (χ0v) is 3.28. The Bertz CT molecular complexity index is 106. The maximum atomic E-state index is 6.92. The van der Waals surface area contributed by atoms with Gasteiger partial charge in [-0.05, 0) is 5.92 Å². The summed E-state index contributed by atoms with van der Waals surface area (Å²) in [6.07, 6.45) is 0.160. The van der Waals surface area contributed by atoms with Crippen LogP contribution in [0.3, 0.4) is 0 Å². The van der Waals surface area contributed by atoms with E-state index in [-0.39, 0.29) is 6.42 Å². The van der Waals surface area contributed by atoms with Crippen molar-refractivity contribution in [2.75, 3.05) is 0 Å². The third-order valence-electron chi connectivity index (χ3n) is 0.408. The molecule has 5 heavy (non-hydrogen) atoms. The first-order valence-corrected chi connectivity index (χ1v) is 1.69. The smallest absolute Gasteiger partial charge is 0.0233 e. The van der Waals surface area contributed by atoms with Crippen LogP contribution in [-0.4, -0.2) is 0 Å². The SMILES string of the molecule is [2H]C([2H])([2H])C(CC)C([2H])([2H])[2H]. The van der Waals surface area contributed by atoms with E-state index in [0.717, 1.165) is 0 Å². The molecule has 0 aliphatic heterocycles. The molecule has 0 fully saturated rings. The van der Waals surface area contributed by atoms with E-state index in [2.05, 4.69) is 0 Å². The molecule has 0 spiro atoms. The molecule has 0 unspecified atom stereocenters. The van der Waals surface area contributed by atoms with Crippen molar-refractivity contribution in [3.63, 3.8) is 0 Å². The van der Waals surface area contributed by atoms with E-state index in [0.29, 0.717) is 0 Å². The first-order chi connectivity index (χ1) is 4.69. The van der Waals surface area contributed by atoms with Crippen molar-refractivity contribution in [2.24, 2.45) is 5.92 Å². The highest BCUT2D eigenvalue weighted by Gasteiger charge is 1.80. The quantitative estimate of drug-likeness (QED) is 0.450. The van der Waals surface area contributed by atoms with Crippen molar-refractivity contribution < 1.29 is 8.22 Å². The van der Waals surface area contributed by atoms with E-state index in [1.54, 1.807) is 6.92 Å². The molecule has 0 heteroatoms. The van der Waals surface area contributed by atoms with E-state index in [9.17, 15) is 0 Å². The highest BCUT2D eigenvalue weighted by atomic mass is 13.9. The lowest BCUT2D eigenvalue weighted by Crippen LogP contribution is -1.77. The van der Waals surface area contributed by atoms with E-state index in [1.807, 2.05) is 0 Å². The van der Waals surface area contributed by atoms with E-state index >= 15 is 0 Å². The second kappa shape index (κ2) is 2.25. The summed E-state index contributed by atoms with van der Waals surface area (Å²) in [5.74, 6) is -1.19. The van der Waals surface area contributed by atoms with Gasteiger partial charge >= 0.3 is 0 Å². The molecule has 0 rings (SSSR count). The molecule has 0 atom stereocenters. The summed E-state index contributed by atoms with van der Waals surface area (Å²) < 4.78 is 41.5. The van der Waals surface area contributed by atoms with Gasteiger partial charge in [-0.25, -0.2) is 0 Å². The highest BCUT2D eigenvalue weighted by Crippen LogP contribution is 1.93. The predicted molar refractivity (Wildman–Crippen MR) is 25.1 cm³/mol. The number of hydrogen-bond acceptors (Lipinski definition) is 0. The third-order valence-corrected chi connectivity index (χ3v) is 0.408. The first-order valence-electron chi connectivity index (χ1n) is 4.69.